The van der Waals surface area contributed by atoms with E-state index in [1.165, 1.54) is 6.07 Å². The number of amides is 1. The third-order valence-electron chi connectivity index (χ3n) is 4.06. The summed E-state index contributed by atoms with van der Waals surface area (Å²) < 4.78 is 45.0. The smallest absolute Gasteiger partial charge is 0.434 e. The van der Waals surface area contributed by atoms with Crippen molar-refractivity contribution in [1.82, 2.24) is 9.78 Å². The van der Waals surface area contributed by atoms with Crippen LogP contribution in [0.15, 0.2) is 46.9 Å². The van der Waals surface area contributed by atoms with Crippen LogP contribution in [-0.2, 0) is 13.2 Å². The van der Waals surface area contributed by atoms with E-state index in [0.29, 0.717) is 10.4 Å². The third kappa shape index (κ3) is 5.02. The molecule has 0 atom stereocenters. The maximum atomic E-state index is 13.1. The fourth-order valence-electron chi connectivity index (χ4n) is 2.78. The number of hydrogen-bond donors (Lipinski definition) is 1. The Morgan fingerprint density at radius 1 is 1.23 bits per heavy atom. The maximum Gasteiger partial charge on any atom is 0.434 e. The third-order valence-corrected chi connectivity index (χ3v) is 4.81. The minimum absolute atomic E-state index is 0.0482. The summed E-state index contributed by atoms with van der Waals surface area (Å²) in [7, 11) is 1.05. The van der Waals surface area contributed by atoms with Crippen LogP contribution < -0.4 is 10.1 Å². The molecule has 1 N–H and O–H groups in total. The van der Waals surface area contributed by atoms with Gasteiger partial charge in [0.05, 0.1) is 21.1 Å². The van der Waals surface area contributed by atoms with E-state index in [0.717, 1.165) is 24.7 Å². The van der Waals surface area contributed by atoms with Gasteiger partial charge in [-0.05, 0) is 40.5 Å². The highest BCUT2D eigenvalue weighted by Gasteiger charge is 2.39. The Hall–Kier alpha value is -3.41. The number of nitro benzene ring substituents is 1. The van der Waals surface area contributed by atoms with Gasteiger partial charge in [-0.3, -0.25) is 19.6 Å². The molecule has 1 heterocycles. The number of ether oxygens (including phenoxy) is 1. The van der Waals surface area contributed by atoms with Gasteiger partial charge in [0.15, 0.2) is 11.4 Å². The number of carbonyl (C=O) groups is 1. The van der Waals surface area contributed by atoms with Gasteiger partial charge in [0.25, 0.3) is 11.6 Å². The number of hydrogen-bond acceptors (Lipinski definition) is 5. The lowest BCUT2D eigenvalue weighted by Crippen LogP contribution is -2.14. The largest absolute Gasteiger partial charge is 0.457 e. The number of anilines is 1. The van der Waals surface area contributed by atoms with E-state index in [2.05, 4.69) is 26.3 Å². The zero-order valence-electron chi connectivity index (χ0n) is 16.0. The monoisotopic (exact) mass is 498 g/mol. The van der Waals surface area contributed by atoms with E-state index in [9.17, 15) is 28.1 Å². The molecule has 0 spiro atoms. The highest BCUT2D eigenvalue weighted by molar-refractivity contribution is 9.10. The molecule has 162 valence electrons. The van der Waals surface area contributed by atoms with Gasteiger partial charge in [0.1, 0.15) is 11.5 Å². The first-order valence-electron chi connectivity index (χ1n) is 8.60. The first-order chi connectivity index (χ1) is 14.5. The molecule has 0 saturated carbocycles. The molecule has 0 radical (unpaired) electrons. The number of nitrogens with zero attached hydrogens (tertiary/aromatic N) is 3. The van der Waals surface area contributed by atoms with Crippen LogP contribution in [0, 0.1) is 17.0 Å². The molecule has 0 aliphatic rings. The Balaban J connectivity index is 1.93. The molecule has 0 saturated heterocycles. The predicted molar refractivity (Wildman–Crippen MR) is 108 cm³/mol. The summed E-state index contributed by atoms with van der Waals surface area (Å²) in [5, 5.41) is 17.2. The van der Waals surface area contributed by atoms with Crippen molar-refractivity contribution in [3.05, 3.63) is 74.0 Å². The minimum Gasteiger partial charge on any atom is -0.457 e. The summed E-state index contributed by atoms with van der Waals surface area (Å²) in [4.78, 5) is 23.1. The second-order valence-corrected chi connectivity index (χ2v) is 7.27. The molecular formula is C19H14BrF3N4O4. The average molecular weight is 499 g/mol. The molecule has 0 bridgehead atoms. The molecule has 1 aromatic heterocycles. The van der Waals surface area contributed by atoms with Crippen molar-refractivity contribution >= 4 is 33.2 Å². The molecule has 0 aliphatic heterocycles. The summed E-state index contributed by atoms with van der Waals surface area (Å²) in [6.07, 6.45) is -4.74. The number of aromatic nitrogens is 2. The second kappa shape index (κ2) is 8.38. The zero-order chi connectivity index (χ0) is 22.9. The van der Waals surface area contributed by atoms with Crippen LogP contribution in [0.5, 0.6) is 11.5 Å². The fraction of sp³-hybridized carbons (Fsp3) is 0.158. The van der Waals surface area contributed by atoms with Crippen molar-refractivity contribution in [2.75, 3.05) is 5.32 Å². The van der Waals surface area contributed by atoms with Crippen molar-refractivity contribution in [3.8, 4) is 11.5 Å². The summed E-state index contributed by atoms with van der Waals surface area (Å²) >= 11 is 2.76. The van der Waals surface area contributed by atoms with Crippen LogP contribution >= 0.6 is 15.9 Å². The lowest BCUT2D eigenvalue weighted by atomic mass is 10.2. The number of carbonyl (C=O) groups excluding carboxylic acids is 1. The standard InChI is InChI=1S/C19H14BrF3N4O4/c1-10-4-3-5-13(6-10)31-14-8-11(7-12(9-14)27(29)30)24-18(28)16-15(20)17(19(21,22)23)26(2)25-16/h3-9H,1-2H3,(H,24,28). The molecular weight excluding hydrogens is 485 g/mol. The molecule has 3 rings (SSSR count). The summed E-state index contributed by atoms with van der Waals surface area (Å²) in [5.41, 5.74) is -1.19. The summed E-state index contributed by atoms with van der Waals surface area (Å²) in [6.45, 7) is 1.84. The molecule has 31 heavy (non-hydrogen) atoms. The van der Waals surface area contributed by atoms with E-state index >= 15 is 0 Å². The topological polar surface area (TPSA) is 99.3 Å². The number of halogens is 4. The second-order valence-electron chi connectivity index (χ2n) is 6.48. The first-order valence-corrected chi connectivity index (χ1v) is 9.40. The Morgan fingerprint density at radius 2 is 1.94 bits per heavy atom. The van der Waals surface area contributed by atoms with E-state index in [1.807, 2.05) is 13.0 Å². The molecule has 3 aromatic rings. The Bertz CT molecular complexity index is 1180. The lowest BCUT2D eigenvalue weighted by molar-refractivity contribution is -0.384. The SMILES string of the molecule is Cc1cccc(Oc2cc(NC(=O)c3nn(C)c(C(F)(F)F)c3Br)cc([N+](=O)[O-])c2)c1. The molecule has 8 nitrogen and oxygen atoms in total. The van der Waals surface area contributed by atoms with Crippen molar-refractivity contribution in [2.45, 2.75) is 13.1 Å². The molecule has 0 fully saturated rings. The van der Waals surface area contributed by atoms with E-state index in [-0.39, 0.29) is 17.1 Å². The van der Waals surface area contributed by atoms with Crippen LogP contribution in [0.25, 0.3) is 0 Å². The molecule has 0 aliphatic carbocycles. The van der Waals surface area contributed by atoms with Gasteiger partial charge in [-0.15, -0.1) is 0 Å². The number of nitro groups is 1. The van der Waals surface area contributed by atoms with Crippen LogP contribution in [-0.4, -0.2) is 20.6 Å². The van der Waals surface area contributed by atoms with Gasteiger partial charge in [-0.25, -0.2) is 0 Å². The highest BCUT2D eigenvalue weighted by atomic mass is 79.9. The normalized spacial score (nSPS) is 11.3. The van der Waals surface area contributed by atoms with Gasteiger partial charge < -0.3 is 10.1 Å². The fourth-order valence-corrected chi connectivity index (χ4v) is 3.52. The number of nitrogens with one attached hydrogen (secondary N) is 1. The quantitative estimate of drug-likeness (QED) is 0.371. The van der Waals surface area contributed by atoms with Gasteiger partial charge in [-0.2, -0.15) is 18.3 Å². The van der Waals surface area contributed by atoms with Crippen LogP contribution in [0.1, 0.15) is 21.7 Å². The summed E-state index contributed by atoms with van der Waals surface area (Å²) in [5.74, 6) is -0.508. The summed E-state index contributed by atoms with van der Waals surface area (Å²) in [6, 6.07) is 10.5. The van der Waals surface area contributed by atoms with Crippen LogP contribution in [0.3, 0.4) is 0 Å². The number of rotatable bonds is 5. The average Bonchev–Trinajstić information content (AvgIpc) is 2.96. The predicted octanol–water partition coefficient (Wildman–Crippen LogP) is 5.46. The van der Waals surface area contributed by atoms with Gasteiger partial charge in [0.2, 0.25) is 0 Å². The first kappa shape index (κ1) is 22.3. The van der Waals surface area contributed by atoms with E-state index < -0.39 is 32.9 Å². The highest BCUT2D eigenvalue weighted by Crippen LogP contribution is 2.37. The maximum absolute atomic E-state index is 13.1. The number of alkyl halides is 3. The Kier molecular flexibility index (Phi) is 6.02. The number of aryl methyl sites for hydroxylation is 2. The lowest BCUT2D eigenvalue weighted by Gasteiger charge is -2.09. The Morgan fingerprint density at radius 3 is 2.52 bits per heavy atom. The molecule has 12 heteroatoms. The zero-order valence-corrected chi connectivity index (χ0v) is 17.6. The minimum atomic E-state index is -4.74. The van der Waals surface area contributed by atoms with Gasteiger partial charge in [-0.1, -0.05) is 12.1 Å². The van der Waals surface area contributed by atoms with Crippen molar-refractivity contribution < 1.29 is 27.6 Å². The number of benzene rings is 2. The number of non-ortho nitro benzene ring substituents is 1. The van der Waals surface area contributed by atoms with Crippen LogP contribution in [0.4, 0.5) is 24.5 Å². The van der Waals surface area contributed by atoms with E-state index in [1.54, 1.807) is 18.2 Å². The van der Waals surface area contributed by atoms with Gasteiger partial charge in [0, 0.05) is 19.2 Å². The molecule has 1 amide bonds. The van der Waals surface area contributed by atoms with E-state index in [4.69, 9.17) is 4.74 Å². The van der Waals surface area contributed by atoms with Crippen molar-refractivity contribution in [2.24, 2.45) is 7.05 Å². The Labute approximate surface area is 181 Å². The molecule has 2 aromatic carbocycles. The van der Waals surface area contributed by atoms with Gasteiger partial charge >= 0.3 is 6.18 Å². The van der Waals surface area contributed by atoms with Crippen molar-refractivity contribution in [3.63, 3.8) is 0 Å². The molecule has 0 unspecified atom stereocenters. The van der Waals surface area contributed by atoms with Crippen LogP contribution in [0.2, 0.25) is 0 Å². The van der Waals surface area contributed by atoms with Crippen molar-refractivity contribution in [1.29, 1.82) is 0 Å².